The second kappa shape index (κ2) is 10.2. The molecular formula is C27H30N2O3. The van der Waals surface area contributed by atoms with Crippen LogP contribution in [-0.2, 0) is 11.3 Å². The molecule has 5 heteroatoms. The number of benzene rings is 3. The van der Waals surface area contributed by atoms with Crippen LogP contribution in [0, 0.1) is 6.92 Å². The van der Waals surface area contributed by atoms with Gasteiger partial charge in [-0.1, -0.05) is 30.3 Å². The Morgan fingerprint density at radius 2 is 1.56 bits per heavy atom. The van der Waals surface area contributed by atoms with Crippen LogP contribution in [0.15, 0.2) is 66.7 Å². The lowest BCUT2D eigenvalue weighted by Gasteiger charge is -2.10. The highest BCUT2D eigenvalue weighted by Gasteiger charge is 2.13. The molecule has 0 aliphatic carbocycles. The van der Waals surface area contributed by atoms with Gasteiger partial charge in [-0.3, -0.25) is 4.79 Å². The maximum atomic E-state index is 12.3. The zero-order valence-corrected chi connectivity index (χ0v) is 18.8. The highest BCUT2D eigenvalue weighted by Crippen LogP contribution is 2.31. The van der Waals surface area contributed by atoms with Crippen LogP contribution in [0.4, 0.5) is 0 Å². The number of amides is 1. The van der Waals surface area contributed by atoms with Crippen molar-refractivity contribution in [1.29, 1.82) is 0 Å². The number of fused-ring (bicyclic) bond motifs is 3. The summed E-state index contributed by atoms with van der Waals surface area (Å²) >= 11 is 0. The molecule has 0 bridgehead atoms. The lowest BCUT2D eigenvalue weighted by atomic mass is 10.1. The number of carbonyl (C=O) groups excluding carboxylic acids is 1. The molecule has 1 heterocycles. The van der Waals surface area contributed by atoms with Crippen molar-refractivity contribution in [1.82, 2.24) is 9.88 Å². The molecule has 1 amide bonds. The minimum absolute atomic E-state index is 0.00934. The molecule has 0 fully saturated rings. The molecule has 3 aromatic carbocycles. The number of unbranched alkanes of at least 4 members (excludes halogenated alkanes) is 1. The monoisotopic (exact) mass is 430 g/mol. The Bertz CT molecular complexity index is 1210. The van der Waals surface area contributed by atoms with Gasteiger partial charge < -0.3 is 19.4 Å². The molecule has 0 aliphatic heterocycles. The topological polar surface area (TPSA) is 52.5 Å². The van der Waals surface area contributed by atoms with Gasteiger partial charge in [0.1, 0.15) is 18.0 Å². The summed E-state index contributed by atoms with van der Waals surface area (Å²) in [5.74, 6) is 1.74. The number of rotatable bonds is 10. The summed E-state index contributed by atoms with van der Waals surface area (Å²) in [5, 5.41) is 5.17. The Morgan fingerprint density at radius 1 is 0.844 bits per heavy atom. The molecule has 1 N–H and O–H groups in total. The van der Waals surface area contributed by atoms with E-state index in [9.17, 15) is 4.79 Å². The van der Waals surface area contributed by atoms with Crippen molar-refractivity contribution in [3.8, 4) is 11.5 Å². The van der Waals surface area contributed by atoms with Crippen LogP contribution in [0.1, 0.15) is 25.3 Å². The quantitative estimate of drug-likeness (QED) is 0.339. The van der Waals surface area contributed by atoms with Crippen LogP contribution in [-0.4, -0.2) is 30.2 Å². The molecule has 0 atom stereocenters. The molecule has 5 nitrogen and oxygen atoms in total. The molecule has 0 aliphatic rings. The number of nitrogens with zero attached hydrogens (tertiary/aromatic N) is 1. The lowest BCUT2D eigenvalue weighted by Crippen LogP contribution is -2.27. The van der Waals surface area contributed by atoms with E-state index >= 15 is 0 Å². The SMILES string of the molecule is CCNC(=O)Cn1c2ccccc2c2ccc(OCCCCOc3cccc(C)c3)cc21. The predicted octanol–water partition coefficient (Wildman–Crippen LogP) is 5.48. The van der Waals surface area contributed by atoms with Crippen molar-refractivity contribution in [2.75, 3.05) is 19.8 Å². The zero-order valence-electron chi connectivity index (χ0n) is 18.8. The van der Waals surface area contributed by atoms with Crippen molar-refractivity contribution in [3.05, 3.63) is 72.3 Å². The zero-order chi connectivity index (χ0) is 22.3. The Morgan fingerprint density at radius 3 is 2.31 bits per heavy atom. The van der Waals surface area contributed by atoms with Crippen molar-refractivity contribution < 1.29 is 14.3 Å². The molecule has 4 aromatic rings. The van der Waals surface area contributed by atoms with Crippen LogP contribution in [0.5, 0.6) is 11.5 Å². The number of para-hydroxylation sites is 1. The summed E-state index contributed by atoms with van der Waals surface area (Å²) in [5.41, 5.74) is 3.27. The van der Waals surface area contributed by atoms with E-state index in [2.05, 4.69) is 41.1 Å². The van der Waals surface area contributed by atoms with E-state index in [0.29, 0.717) is 19.8 Å². The molecule has 166 valence electrons. The number of ether oxygens (including phenoxy) is 2. The van der Waals surface area contributed by atoms with Crippen molar-refractivity contribution in [2.24, 2.45) is 0 Å². The molecule has 1 aromatic heterocycles. The van der Waals surface area contributed by atoms with Crippen LogP contribution in [0.25, 0.3) is 21.8 Å². The summed E-state index contributed by atoms with van der Waals surface area (Å²) in [7, 11) is 0. The summed E-state index contributed by atoms with van der Waals surface area (Å²) in [4.78, 5) is 12.3. The number of likely N-dealkylation sites (N-methyl/N-ethyl adjacent to an activating group) is 1. The van der Waals surface area contributed by atoms with Crippen LogP contribution in [0.2, 0.25) is 0 Å². The minimum Gasteiger partial charge on any atom is -0.494 e. The second-order valence-electron chi connectivity index (χ2n) is 7.96. The molecule has 0 saturated heterocycles. The number of nitrogens with one attached hydrogen (secondary N) is 1. The van der Waals surface area contributed by atoms with Crippen LogP contribution >= 0.6 is 0 Å². The first-order valence-corrected chi connectivity index (χ1v) is 11.3. The van der Waals surface area contributed by atoms with E-state index in [1.165, 1.54) is 5.56 Å². The minimum atomic E-state index is 0.00934. The third kappa shape index (κ3) is 5.05. The Balaban J connectivity index is 1.40. The fourth-order valence-electron chi connectivity index (χ4n) is 3.98. The predicted molar refractivity (Wildman–Crippen MR) is 130 cm³/mol. The van der Waals surface area contributed by atoms with E-state index in [1.807, 2.05) is 49.4 Å². The van der Waals surface area contributed by atoms with Crippen molar-refractivity contribution >= 4 is 27.7 Å². The fraction of sp³-hybridized carbons (Fsp3) is 0.296. The summed E-state index contributed by atoms with van der Waals surface area (Å²) in [6.45, 7) is 6.20. The van der Waals surface area contributed by atoms with Gasteiger partial charge in [0, 0.05) is 28.9 Å². The van der Waals surface area contributed by atoms with E-state index in [4.69, 9.17) is 9.47 Å². The number of aromatic nitrogens is 1. The largest absolute Gasteiger partial charge is 0.494 e. The van der Waals surface area contributed by atoms with Gasteiger partial charge in [-0.05, 0) is 62.6 Å². The number of hydrogen-bond donors (Lipinski definition) is 1. The molecule has 0 radical (unpaired) electrons. The van der Waals surface area contributed by atoms with Crippen molar-refractivity contribution in [2.45, 2.75) is 33.2 Å². The smallest absolute Gasteiger partial charge is 0.239 e. The van der Waals surface area contributed by atoms with Gasteiger partial charge in [0.25, 0.3) is 0 Å². The van der Waals surface area contributed by atoms with E-state index in [-0.39, 0.29) is 12.5 Å². The van der Waals surface area contributed by atoms with E-state index < -0.39 is 0 Å². The first-order valence-electron chi connectivity index (χ1n) is 11.3. The Kier molecular flexibility index (Phi) is 6.95. The van der Waals surface area contributed by atoms with E-state index in [1.54, 1.807) is 0 Å². The van der Waals surface area contributed by atoms with Crippen molar-refractivity contribution in [3.63, 3.8) is 0 Å². The first-order chi connectivity index (χ1) is 15.7. The average Bonchev–Trinajstić information content (AvgIpc) is 3.09. The maximum Gasteiger partial charge on any atom is 0.239 e. The van der Waals surface area contributed by atoms with Gasteiger partial charge in [-0.2, -0.15) is 0 Å². The number of aryl methyl sites for hydroxylation is 1. The van der Waals surface area contributed by atoms with Gasteiger partial charge in [0.2, 0.25) is 5.91 Å². The Labute approximate surface area is 188 Å². The number of carbonyl (C=O) groups is 1. The average molecular weight is 431 g/mol. The molecule has 0 spiro atoms. The van der Waals surface area contributed by atoms with Gasteiger partial charge in [0.15, 0.2) is 0 Å². The summed E-state index contributed by atoms with van der Waals surface area (Å²) in [6.07, 6.45) is 1.83. The third-order valence-corrected chi connectivity index (χ3v) is 5.49. The van der Waals surface area contributed by atoms with Crippen LogP contribution < -0.4 is 14.8 Å². The summed E-state index contributed by atoms with van der Waals surface area (Å²) < 4.78 is 13.9. The molecule has 0 unspecified atom stereocenters. The lowest BCUT2D eigenvalue weighted by molar-refractivity contribution is -0.121. The second-order valence-corrected chi connectivity index (χ2v) is 7.96. The highest BCUT2D eigenvalue weighted by molar-refractivity contribution is 6.09. The van der Waals surface area contributed by atoms with Gasteiger partial charge in [-0.25, -0.2) is 0 Å². The summed E-state index contributed by atoms with van der Waals surface area (Å²) in [6, 6.07) is 22.4. The standard InChI is InChI=1S/C27H30N2O3/c1-3-28-27(30)19-29-25-12-5-4-11-23(25)24-14-13-22(18-26(24)29)32-16-7-6-15-31-21-10-8-9-20(2)17-21/h4-5,8-14,17-18H,3,6-7,15-16,19H2,1-2H3,(H,28,30). The third-order valence-electron chi connectivity index (χ3n) is 5.49. The van der Waals surface area contributed by atoms with E-state index in [0.717, 1.165) is 46.1 Å². The van der Waals surface area contributed by atoms with Gasteiger partial charge >= 0.3 is 0 Å². The van der Waals surface area contributed by atoms with Crippen LogP contribution in [0.3, 0.4) is 0 Å². The molecular weight excluding hydrogens is 400 g/mol. The maximum absolute atomic E-state index is 12.3. The molecule has 32 heavy (non-hydrogen) atoms. The van der Waals surface area contributed by atoms with Gasteiger partial charge in [0.05, 0.1) is 18.7 Å². The highest BCUT2D eigenvalue weighted by atomic mass is 16.5. The molecule has 0 saturated carbocycles. The fourth-order valence-corrected chi connectivity index (χ4v) is 3.98. The normalized spacial score (nSPS) is 11.1. The van der Waals surface area contributed by atoms with Gasteiger partial charge in [-0.15, -0.1) is 0 Å². The first kappa shape index (κ1) is 21.8. The molecule has 4 rings (SSSR count). The number of hydrogen-bond acceptors (Lipinski definition) is 3. The Hall–Kier alpha value is -3.47.